The molecule has 2 N–H and O–H groups in total. The lowest BCUT2D eigenvalue weighted by Crippen LogP contribution is -2.43. The van der Waals surface area contributed by atoms with Gasteiger partial charge in [-0.15, -0.1) is 0 Å². The summed E-state index contributed by atoms with van der Waals surface area (Å²) in [4.78, 5) is 43.9. The van der Waals surface area contributed by atoms with E-state index in [1.807, 2.05) is 0 Å². The van der Waals surface area contributed by atoms with E-state index in [1.54, 1.807) is 0 Å². The van der Waals surface area contributed by atoms with E-state index in [1.165, 1.54) is 0 Å². The van der Waals surface area contributed by atoms with Gasteiger partial charge in [0.25, 0.3) is 0 Å². The number of hydrogen-bond acceptors (Lipinski definition) is 10. The second-order valence-electron chi connectivity index (χ2n) is 7.95. The van der Waals surface area contributed by atoms with Crippen molar-refractivity contribution in [2.24, 2.45) is 0 Å². The molecule has 1 fully saturated rings. The quantitative estimate of drug-likeness (QED) is 0.403. The number of nitrogens with zero attached hydrogens (tertiary/aromatic N) is 4. The molecule has 0 aliphatic carbocycles. The third-order valence-electron chi connectivity index (χ3n) is 5.22. The van der Waals surface area contributed by atoms with E-state index in [4.69, 9.17) is 19.9 Å². The first-order valence-electron chi connectivity index (χ1n) is 10.5. The highest BCUT2D eigenvalue weighted by Gasteiger charge is 2.54. The summed E-state index contributed by atoms with van der Waals surface area (Å²) in [5, 5.41) is 0. The normalized spacial score (nSPS) is 21.2. The molecule has 12 nitrogen and oxygen atoms in total. The predicted octanol–water partition coefficient (Wildman–Crippen LogP) is 1.85. The van der Waals surface area contributed by atoms with Gasteiger partial charge in [-0.25, -0.2) is 9.36 Å². The van der Waals surface area contributed by atoms with Crippen LogP contribution in [0.1, 0.15) is 32.9 Å². The Morgan fingerprint density at radius 3 is 2.32 bits per heavy atom. The van der Waals surface area contributed by atoms with Gasteiger partial charge in [-0.05, 0) is 0 Å². The largest absolute Gasteiger partial charge is 0.479 e. The molecule has 0 aromatic carbocycles. The first kappa shape index (κ1) is 28.0. The van der Waals surface area contributed by atoms with Crippen LogP contribution in [0.2, 0.25) is 0 Å². The third-order valence-corrected chi connectivity index (χ3v) is 5.22. The van der Waals surface area contributed by atoms with Gasteiger partial charge in [-0.1, -0.05) is 0 Å². The number of methoxy groups -OCH3 is 1. The maximum atomic E-state index is 13.7. The van der Waals surface area contributed by atoms with Gasteiger partial charge in [-0.2, -0.15) is 36.3 Å². The predicted molar refractivity (Wildman–Crippen MR) is 109 cm³/mol. The summed E-state index contributed by atoms with van der Waals surface area (Å²) in [7, 11) is 1.09. The van der Waals surface area contributed by atoms with Crippen LogP contribution in [0.25, 0.3) is 11.2 Å². The summed E-state index contributed by atoms with van der Waals surface area (Å²) in [6.45, 7) is 0.734. The van der Waals surface area contributed by atoms with Gasteiger partial charge in [0.2, 0.25) is 17.9 Å². The lowest BCUT2D eigenvalue weighted by Gasteiger charge is -2.25. The fraction of sp³-hybridized carbons (Fsp3) is 0.632. The Bertz CT molecular complexity index is 1240. The van der Waals surface area contributed by atoms with Crippen molar-refractivity contribution in [3.05, 3.63) is 10.5 Å². The van der Waals surface area contributed by atoms with E-state index in [-0.39, 0.29) is 5.52 Å². The molecule has 37 heavy (non-hydrogen) atoms. The third kappa shape index (κ3) is 6.05. The number of ether oxygens (including phenoxy) is 4. The van der Waals surface area contributed by atoms with Crippen molar-refractivity contribution in [3.63, 3.8) is 0 Å². The minimum Gasteiger partial charge on any atom is -0.479 e. The average molecular weight is 545 g/mol. The standard InChI is InChI=1S/C19H21F6N5O7/c1-7(31)35-10-6-9(12(19(23,24)25)36-8(2)32)37-15(10)30-13-11(14(34-3)28-16(26)27-13)29(17(30)33)5-4-18(20,21)22/h9-10,12,15H,4-6H2,1-3H3,(H2,26,27,28)/t9?,10?,12-,15?/m1/s1. The number of halogens is 6. The Balaban J connectivity index is 2.20. The van der Waals surface area contributed by atoms with Crippen molar-refractivity contribution in [3.8, 4) is 5.88 Å². The van der Waals surface area contributed by atoms with Crippen LogP contribution in [0.5, 0.6) is 5.88 Å². The minimum absolute atomic E-state index is 0.355. The van der Waals surface area contributed by atoms with Crippen LogP contribution in [-0.2, 0) is 30.3 Å². The van der Waals surface area contributed by atoms with Gasteiger partial charge >= 0.3 is 30.0 Å². The molecule has 4 atom stereocenters. The van der Waals surface area contributed by atoms with Crippen LogP contribution in [0.15, 0.2) is 4.79 Å². The number of carbonyl (C=O) groups is 2. The molecule has 3 rings (SSSR count). The molecule has 0 bridgehead atoms. The molecule has 0 saturated carbocycles. The molecule has 2 aromatic rings. The van der Waals surface area contributed by atoms with Crippen LogP contribution < -0.4 is 16.2 Å². The monoisotopic (exact) mass is 545 g/mol. The highest BCUT2D eigenvalue weighted by atomic mass is 19.4. The molecule has 3 unspecified atom stereocenters. The summed E-state index contributed by atoms with van der Waals surface area (Å²) in [5.74, 6) is -3.13. The van der Waals surface area contributed by atoms with Gasteiger partial charge in [0.15, 0.2) is 17.4 Å². The maximum Gasteiger partial charge on any atom is 0.428 e. The molecule has 18 heteroatoms. The highest BCUT2D eigenvalue weighted by Crippen LogP contribution is 2.40. The van der Waals surface area contributed by atoms with E-state index in [0.29, 0.717) is 9.13 Å². The van der Waals surface area contributed by atoms with Crippen LogP contribution in [0, 0.1) is 0 Å². The summed E-state index contributed by atoms with van der Waals surface area (Å²) in [6, 6.07) is 0. The van der Waals surface area contributed by atoms with Crippen LogP contribution in [0.4, 0.5) is 32.3 Å². The minimum atomic E-state index is -5.12. The fourth-order valence-corrected chi connectivity index (χ4v) is 3.92. The van der Waals surface area contributed by atoms with Crippen molar-refractivity contribution in [2.45, 2.75) is 70.1 Å². The van der Waals surface area contributed by atoms with Crippen molar-refractivity contribution >= 4 is 29.1 Å². The molecule has 2 aromatic heterocycles. The summed E-state index contributed by atoms with van der Waals surface area (Å²) >= 11 is 0. The van der Waals surface area contributed by atoms with Gasteiger partial charge in [0.05, 0.1) is 13.5 Å². The number of nitrogen functional groups attached to an aromatic ring is 1. The number of aromatic nitrogens is 4. The summed E-state index contributed by atoms with van der Waals surface area (Å²) in [6.07, 6.45) is -20.1. The Labute approximate surface area is 203 Å². The number of rotatable bonds is 7. The molecule has 206 valence electrons. The van der Waals surface area contributed by atoms with Crippen LogP contribution in [0.3, 0.4) is 0 Å². The van der Waals surface area contributed by atoms with E-state index >= 15 is 0 Å². The van der Waals surface area contributed by atoms with Gasteiger partial charge < -0.3 is 24.7 Å². The number of fused-ring (bicyclic) bond motifs is 1. The van der Waals surface area contributed by atoms with Crippen LogP contribution in [-0.4, -0.2) is 68.8 Å². The van der Waals surface area contributed by atoms with Crippen LogP contribution >= 0.6 is 0 Å². The SMILES string of the molecule is COc1nc(N)nc2c1n(CCC(F)(F)F)c(=O)n2C1OC([C@@H](OC(C)=O)C(F)(F)F)CC1OC(C)=O. The smallest absolute Gasteiger partial charge is 0.428 e. The highest BCUT2D eigenvalue weighted by molar-refractivity contribution is 5.78. The van der Waals surface area contributed by atoms with Crippen molar-refractivity contribution in [1.82, 2.24) is 19.1 Å². The van der Waals surface area contributed by atoms with Gasteiger partial charge in [0.1, 0.15) is 12.2 Å². The number of hydrogen-bond donors (Lipinski definition) is 1. The molecule has 3 heterocycles. The lowest BCUT2D eigenvalue weighted by molar-refractivity contribution is -0.248. The number of nitrogens with two attached hydrogens (primary N) is 1. The second kappa shape index (κ2) is 10.1. The zero-order valence-electron chi connectivity index (χ0n) is 19.4. The Morgan fingerprint density at radius 1 is 1.16 bits per heavy atom. The molecule has 1 saturated heterocycles. The first-order chi connectivity index (χ1) is 17.0. The number of aryl methyl sites for hydroxylation is 1. The van der Waals surface area contributed by atoms with Crippen molar-refractivity contribution in [1.29, 1.82) is 0 Å². The maximum absolute atomic E-state index is 13.7. The van der Waals surface area contributed by atoms with E-state index in [2.05, 4.69) is 14.7 Å². The average Bonchev–Trinajstić information content (AvgIpc) is 3.25. The molecule has 0 spiro atoms. The number of alkyl halides is 6. The molecular weight excluding hydrogens is 524 g/mol. The molecule has 1 aliphatic rings. The van der Waals surface area contributed by atoms with Gasteiger partial charge in [-0.3, -0.25) is 14.2 Å². The van der Waals surface area contributed by atoms with Gasteiger partial charge in [0, 0.05) is 26.8 Å². The topological polar surface area (TPSA) is 150 Å². The van der Waals surface area contributed by atoms with E-state index < -0.39 is 91.4 Å². The Kier molecular flexibility index (Phi) is 7.62. The summed E-state index contributed by atoms with van der Waals surface area (Å²) in [5.41, 5.74) is 3.62. The number of anilines is 1. The Hall–Kier alpha value is -3.57. The second-order valence-corrected chi connectivity index (χ2v) is 7.95. The number of esters is 2. The number of imidazole rings is 1. The zero-order chi connectivity index (χ0) is 27.9. The Morgan fingerprint density at radius 2 is 1.81 bits per heavy atom. The molecule has 0 radical (unpaired) electrons. The summed E-state index contributed by atoms with van der Waals surface area (Å²) < 4.78 is 101. The van der Waals surface area contributed by atoms with Crippen molar-refractivity contribution < 1.29 is 54.9 Å². The zero-order valence-corrected chi connectivity index (χ0v) is 19.4. The molecule has 1 aliphatic heterocycles. The molecular formula is C19H21F6N5O7. The first-order valence-corrected chi connectivity index (χ1v) is 10.5. The molecule has 0 amide bonds. The fourth-order valence-electron chi connectivity index (χ4n) is 3.92. The lowest BCUT2D eigenvalue weighted by atomic mass is 10.1. The van der Waals surface area contributed by atoms with E-state index in [0.717, 1.165) is 21.0 Å². The van der Waals surface area contributed by atoms with Crippen molar-refractivity contribution in [2.75, 3.05) is 12.8 Å². The number of carbonyl (C=O) groups excluding carboxylic acids is 2. The van der Waals surface area contributed by atoms with E-state index in [9.17, 15) is 40.7 Å².